The first-order valence-corrected chi connectivity index (χ1v) is 8.77. The Morgan fingerprint density at radius 3 is 2.50 bits per heavy atom. The van der Waals surface area contributed by atoms with Crippen LogP contribution in [0.2, 0.25) is 0 Å². The fourth-order valence-corrected chi connectivity index (χ4v) is 2.90. The number of hydrogen-bond acceptors (Lipinski definition) is 4. The Morgan fingerprint density at radius 1 is 1.32 bits per heavy atom. The van der Waals surface area contributed by atoms with E-state index in [9.17, 15) is 4.79 Å². The van der Waals surface area contributed by atoms with Crippen molar-refractivity contribution >= 4 is 17.4 Å². The van der Waals surface area contributed by atoms with Crippen molar-refractivity contribution in [2.45, 2.75) is 53.7 Å². The lowest BCUT2D eigenvalue weighted by Crippen LogP contribution is -2.39. The van der Waals surface area contributed by atoms with Gasteiger partial charge in [0.15, 0.2) is 0 Å². The van der Waals surface area contributed by atoms with Gasteiger partial charge in [0.05, 0.1) is 0 Å². The molecular weight excluding hydrogens is 296 g/mol. The lowest BCUT2D eigenvalue weighted by atomic mass is 9.96. The highest BCUT2D eigenvalue weighted by Gasteiger charge is 2.19. The molecule has 0 fully saturated rings. The maximum absolute atomic E-state index is 11.7. The van der Waals surface area contributed by atoms with Crippen LogP contribution in [0.4, 0.5) is 4.79 Å². The molecule has 0 saturated carbocycles. The van der Waals surface area contributed by atoms with Gasteiger partial charge in [0, 0.05) is 24.5 Å². The largest absolute Gasteiger partial charge is 0.444 e. The van der Waals surface area contributed by atoms with Gasteiger partial charge in [0.1, 0.15) is 5.60 Å². The van der Waals surface area contributed by atoms with Crippen molar-refractivity contribution in [3.8, 4) is 0 Å². The van der Waals surface area contributed by atoms with Crippen molar-refractivity contribution in [3.63, 3.8) is 0 Å². The summed E-state index contributed by atoms with van der Waals surface area (Å²) < 4.78 is 5.28. The van der Waals surface area contributed by atoms with Gasteiger partial charge >= 0.3 is 6.09 Å². The second-order valence-electron chi connectivity index (χ2n) is 7.04. The fourth-order valence-electron chi connectivity index (χ4n) is 2.03. The van der Waals surface area contributed by atoms with Crippen molar-refractivity contribution in [2.24, 2.45) is 11.8 Å². The number of carbonyl (C=O) groups excluding carboxylic acids is 1. The van der Waals surface area contributed by atoms with Gasteiger partial charge < -0.3 is 15.4 Å². The van der Waals surface area contributed by atoms with Gasteiger partial charge in [-0.15, -0.1) is 11.3 Å². The van der Waals surface area contributed by atoms with E-state index in [0.717, 1.165) is 13.1 Å². The standard InChI is InChI=1S/C17H30N2O2S/c1-12(2)14(10-19-16(20)21-17(4,5)6)9-18-11-15-13(3)7-8-22-15/h7-8,12,14,18H,9-11H2,1-6H3,(H,19,20). The predicted octanol–water partition coefficient (Wildman–Crippen LogP) is 3.94. The zero-order chi connectivity index (χ0) is 16.8. The summed E-state index contributed by atoms with van der Waals surface area (Å²) >= 11 is 1.78. The van der Waals surface area contributed by atoms with E-state index in [0.29, 0.717) is 18.4 Å². The lowest BCUT2D eigenvalue weighted by molar-refractivity contribution is 0.0515. The van der Waals surface area contributed by atoms with E-state index in [4.69, 9.17) is 4.74 Å². The minimum absolute atomic E-state index is 0.341. The van der Waals surface area contributed by atoms with E-state index in [2.05, 4.69) is 42.9 Å². The molecule has 1 rings (SSSR count). The minimum atomic E-state index is -0.452. The van der Waals surface area contributed by atoms with Gasteiger partial charge in [0.25, 0.3) is 0 Å². The molecule has 5 heteroatoms. The predicted molar refractivity (Wildman–Crippen MR) is 93.3 cm³/mol. The number of ether oxygens (including phenoxy) is 1. The molecule has 1 atom stereocenters. The van der Waals surface area contributed by atoms with E-state index in [1.165, 1.54) is 10.4 Å². The summed E-state index contributed by atoms with van der Waals surface area (Å²) in [6.45, 7) is 14.5. The second-order valence-corrected chi connectivity index (χ2v) is 8.05. The number of thiophene rings is 1. The molecular formula is C17H30N2O2S. The van der Waals surface area contributed by atoms with Crippen LogP contribution in [0.1, 0.15) is 45.1 Å². The summed E-state index contributed by atoms with van der Waals surface area (Å²) in [6.07, 6.45) is -0.341. The normalized spacial score (nSPS) is 13.2. The van der Waals surface area contributed by atoms with Gasteiger partial charge in [-0.1, -0.05) is 13.8 Å². The number of carbonyl (C=O) groups is 1. The maximum atomic E-state index is 11.7. The smallest absolute Gasteiger partial charge is 0.407 e. The second kappa shape index (κ2) is 8.53. The average Bonchev–Trinajstić information content (AvgIpc) is 2.76. The Kier molecular flexibility index (Phi) is 7.36. The molecule has 0 spiro atoms. The molecule has 4 nitrogen and oxygen atoms in total. The number of aryl methyl sites for hydroxylation is 1. The summed E-state index contributed by atoms with van der Waals surface area (Å²) in [5.74, 6) is 0.875. The van der Waals surface area contributed by atoms with Gasteiger partial charge in [-0.3, -0.25) is 0 Å². The van der Waals surface area contributed by atoms with Crippen molar-refractivity contribution in [2.75, 3.05) is 13.1 Å². The molecule has 2 N–H and O–H groups in total. The zero-order valence-corrected chi connectivity index (χ0v) is 15.5. The number of alkyl carbamates (subject to hydrolysis) is 1. The quantitative estimate of drug-likeness (QED) is 0.798. The Hall–Kier alpha value is -1.07. The molecule has 1 unspecified atom stereocenters. The van der Waals surface area contributed by atoms with Crippen LogP contribution in [-0.2, 0) is 11.3 Å². The molecule has 22 heavy (non-hydrogen) atoms. The van der Waals surface area contributed by atoms with Crippen LogP contribution < -0.4 is 10.6 Å². The van der Waals surface area contributed by atoms with Crippen molar-refractivity contribution < 1.29 is 9.53 Å². The fraction of sp³-hybridized carbons (Fsp3) is 0.706. The summed E-state index contributed by atoms with van der Waals surface area (Å²) in [5, 5.41) is 8.50. The van der Waals surface area contributed by atoms with Gasteiger partial charge in [-0.25, -0.2) is 4.79 Å². The highest BCUT2D eigenvalue weighted by molar-refractivity contribution is 7.10. The van der Waals surface area contributed by atoms with Crippen LogP contribution in [0.15, 0.2) is 11.4 Å². The van der Waals surface area contributed by atoms with Crippen LogP contribution in [0, 0.1) is 18.8 Å². The van der Waals surface area contributed by atoms with Crippen LogP contribution in [0.5, 0.6) is 0 Å². The van der Waals surface area contributed by atoms with Crippen LogP contribution in [-0.4, -0.2) is 24.8 Å². The monoisotopic (exact) mass is 326 g/mol. The zero-order valence-electron chi connectivity index (χ0n) is 14.7. The number of nitrogens with one attached hydrogen (secondary N) is 2. The Bertz CT molecular complexity index is 463. The Labute approximate surface area is 138 Å². The Balaban J connectivity index is 2.36. The maximum Gasteiger partial charge on any atom is 0.407 e. The number of hydrogen-bond donors (Lipinski definition) is 2. The highest BCUT2D eigenvalue weighted by atomic mass is 32.1. The van der Waals surface area contributed by atoms with E-state index < -0.39 is 5.60 Å². The van der Waals surface area contributed by atoms with Crippen LogP contribution >= 0.6 is 11.3 Å². The summed E-state index contributed by atoms with van der Waals surface area (Å²) in [4.78, 5) is 13.1. The summed E-state index contributed by atoms with van der Waals surface area (Å²) in [7, 11) is 0. The third-order valence-electron chi connectivity index (χ3n) is 3.51. The van der Waals surface area contributed by atoms with E-state index in [1.54, 1.807) is 11.3 Å². The molecule has 0 bridgehead atoms. The number of amides is 1. The van der Waals surface area contributed by atoms with Gasteiger partial charge in [-0.05, 0) is 56.5 Å². The molecule has 1 heterocycles. The first-order valence-electron chi connectivity index (χ1n) is 7.89. The van der Waals surface area contributed by atoms with E-state index >= 15 is 0 Å². The molecule has 1 amide bonds. The molecule has 0 aliphatic rings. The minimum Gasteiger partial charge on any atom is -0.444 e. The van der Waals surface area contributed by atoms with Crippen molar-refractivity contribution in [1.82, 2.24) is 10.6 Å². The average molecular weight is 327 g/mol. The SMILES string of the molecule is Cc1ccsc1CNCC(CNC(=O)OC(C)(C)C)C(C)C. The molecule has 0 saturated heterocycles. The van der Waals surface area contributed by atoms with Crippen LogP contribution in [0.3, 0.4) is 0 Å². The third kappa shape index (κ3) is 7.27. The molecule has 0 radical (unpaired) electrons. The summed E-state index contributed by atoms with van der Waals surface area (Å²) in [5.41, 5.74) is 0.886. The van der Waals surface area contributed by atoms with E-state index in [-0.39, 0.29) is 6.09 Å². The molecule has 1 aromatic rings. The topological polar surface area (TPSA) is 50.4 Å². The first-order chi connectivity index (χ1) is 10.2. The van der Waals surface area contributed by atoms with Crippen molar-refractivity contribution in [3.05, 3.63) is 21.9 Å². The Morgan fingerprint density at radius 2 is 2.00 bits per heavy atom. The molecule has 1 aromatic heterocycles. The number of rotatable bonds is 7. The van der Waals surface area contributed by atoms with Crippen molar-refractivity contribution in [1.29, 1.82) is 0 Å². The summed E-state index contributed by atoms with van der Waals surface area (Å²) in [6, 6.07) is 2.14. The molecule has 0 aromatic carbocycles. The van der Waals surface area contributed by atoms with Gasteiger partial charge in [0.2, 0.25) is 0 Å². The van der Waals surface area contributed by atoms with Crippen LogP contribution in [0.25, 0.3) is 0 Å². The first kappa shape index (κ1) is 19.0. The molecule has 126 valence electrons. The van der Waals surface area contributed by atoms with Gasteiger partial charge in [-0.2, -0.15) is 0 Å². The van der Waals surface area contributed by atoms with E-state index in [1.807, 2.05) is 20.8 Å². The third-order valence-corrected chi connectivity index (χ3v) is 4.53. The lowest BCUT2D eigenvalue weighted by Gasteiger charge is -2.24. The highest BCUT2D eigenvalue weighted by Crippen LogP contribution is 2.16. The molecule has 0 aliphatic heterocycles. The molecule has 0 aliphatic carbocycles.